The van der Waals surface area contributed by atoms with Crippen LogP contribution in [0.2, 0.25) is 0 Å². The van der Waals surface area contributed by atoms with E-state index in [4.69, 9.17) is 10.2 Å². The lowest BCUT2D eigenvalue weighted by molar-refractivity contribution is -0.138. The van der Waals surface area contributed by atoms with Crippen molar-refractivity contribution in [1.82, 2.24) is 4.90 Å². The third kappa shape index (κ3) is 2.87. The third-order valence-electron chi connectivity index (χ3n) is 2.38. The Morgan fingerprint density at radius 1 is 1.31 bits per heavy atom. The largest absolute Gasteiger partial charge is 0.504 e. The molecule has 0 aliphatic carbocycles. The van der Waals surface area contributed by atoms with Crippen LogP contribution in [0.5, 0.6) is 11.5 Å². The van der Waals surface area contributed by atoms with Crippen LogP contribution in [0.3, 0.4) is 0 Å². The van der Waals surface area contributed by atoms with Gasteiger partial charge in [-0.25, -0.2) is 0 Å². The zero-order valence-electron chi connectivity index (χ0n) is 9.21. The van der Waals surface area contributed by atoms with E-state index >= 15 is 0 Å². The van der Waals surface area contributed by atoms with Crippen LogP contribution in [-0.2, 0) is 4.79 Å². The highest BCUT2D eigenvalue weighted by Gasteiger charge is 2.18. The van der Waals surface area contributed by atoms with Crippen LogP contribution in [-0.4, -0.2) is 40.3 Å². The molecule has 0 aliphatic heterocycles. The highest BCUT2D eigenvalue weighted by Crippen LogP contribution is 2.30. The average Bonchev–Trinajstić information content (AvgIpc) is 2.18. The van der Waals surface area contributed by atoms with Crippen LogP contribution in [0.15, 0.2) is 18.2 Å². The Morgan fingerprint density at radius 3 is 2.38 bits per heavy atom. The van der Waals surface area contributed by atoms with Crippen molar-refractivity contribution in [2.75, 3.05) is 14.1 Å². The number of phenols is 2. The monoisotopic (exact) mass is 225 g/mol. The van der Waals surface area contributed by atoms with Crippen molar-refractivity contribution >= 4 is 5.97 Å². The predicted molar refractivity (Wildman–Crippen MR) is 58.5 cm³/mol. The topological polar surface area (TPSA) is 81.0 Å². The molecule has 5 nitrogen and oxygen atoms in total. The van der Waals surface area contributed by atoms with Gasteiger partial charge in [0.2, 0.25) is 0 Å². The summed E-state index contributed by atoms with van der Waals surface area (Å²) in [5.74, 6) is -1.36. The van der Waals surface area contributed by atoms with Crippen molar-refractivity contribution < 1.29 is 20.1 Å². The molecular weight excluding hydrogens is 210 g/mol. The van der Waals surface area contributed by atoms with Gasteiger partial charge in [0.1, 0.15) is 0 Å². The number of hydrogen-bond donors (Lipinski definition) is 3. The van der Waals surface area contributed by atoms with Crippen molar-refractivity contribution in [2.45, 2.75) is 12.5 Å². The molecule has 0 aromatic heterocycles. The van der Waals surface area contributed by atoms with Gasteiger partial charge in [-0.2, -0.15) is 0 Å². The quantitative estimate of drug-likeness (QED) is 0.670. The molecule has 0 radical (unpaired) electrons. The minimum absolute atomic E-state index is 0.0583. The van der Waals surface area contributed by atoms with Gasteiger partial charge in [-0.15, -0.1) is 0 Å². The second-order valence-corrected chi connectivity index (χ2v) is 3.83. The van der Waals surface area contributed by atoms with E-state index in [-0.39, 0.29) is 24.0 Å². The summed E-state index contributed by atoms with van der Waals surface area (Å²) in [4.78, 5) is 12.5. The fraction of sp³-hybridized carbons (Fsp3) is 0.364. The van der Waals surface area contributed by atoms with E-state index in [1.54, 1.807) is 25.1 Å². The maximum Gasteiger partial charge on any atom is 0.305 e. The standard InChI is InChI=1S/C11H15NO4/c1-12(2)8(6-11(15)16)7-3-4-9(13)10(14)5-7/h3-5,8,13-14H,6H2,1-2H3,(H,15,16). The van der Waals surface area contributed by atoms with Crippen LogP contribution in [0, 0.1) is 0 Å². The molecule has 1 rings (SSSR count). The Hall–Kier alpha value is -1.75. The number of carboxylic acids is 1. The zero-order valence-corrected chi connectivity index (χ0v) is 9.21. The molecule has 5 heteroatoms. The van der Waals surface area contributed by atoms with E-state index in [1.165, 1.54) is 12.1 Å². The van der Waals surface area contributed by atoms with Crippen LogP contribution in [0.4, 0.5) is 0 Å². The van der Waals surface area contributed by atoms with E-state index in [0.717, 1.165) is 0 Å². The number of aromatic hydroxyl groups is 2. The summed E-state index contributed by atoms with van der Waals surface area (Å²) in [5, 5.41) is 27.3. The molecule has 0 heterocycles. The minimum Gasteiger partial charge on any atom is -0.504 e. The van der Waals surface area contributed by atoms with Gasteiger partial charge in [0.05, 0.1) is 6.42 Å². The fourth-order valence-electron chi connectivity index (χ4n) is 1.51. The number of hydrogen-bond acceptors (Lipinski definition) is 4. The number of phenolic OH excluding ortho intramolecular Hbond substituents is 2. The molecule has 0 bridgehead atoms. The van der Waals surface area contributed by atoms with E-state index in [0.29, 0.717) is 5.56 Å². The lowest BCUT2D eigenvalue weighted by Crippen LogP contribution is -2.22. The summed E-state index contributed by atoms with van der Waals surface area (Å²) in [7, 11) is 3.52. The molecule has 3 N–H and O–H groups in total. The van der Waals surface area contributed by atoms with E-state index in [2.05, 4.69) is 0 Å². The highest BCUT2D eigenvalue weighted by molar-refractivity contribution is 5.68. The SMILES string of the molecule is CN(C)C(CC(=O)O)c1ccc(O)c(O)c1. The van der Waals surface area contributed by atoms with E-state index in [9.17, 15) is 9.90 Å². The molecule has 0 saturated heterocycles. The van der Waals surface area contributed by atoms with Gasteiger partial charge in [-0.1, -0.05) is 6.07 Å². The second-order valence-electron chi connectivity index (χ2n) is 3.83. The molecular formula is C11H15NO4. The van der Waals surface area contributed by atoms with Crippen LogP contribution in [0.25, 0.3) is 0 Å². The third-order valence-corrected chi connectivity index (χ3v) is 2.38. The van der Waals surface area contributed by atoms with Crippen molar-refractivity contribution in [3.8, 4) is 11.5 Å². The lowest BCUT2D eigenvalue weighted by atomic mass is 10.0. The Morgan fingerprint density at radius 2 is 1.94 bits per heavy atom. The Bertz CT molecular complexity index is 390. The number of nitrogens with zero attached hydrogens (tertiary/aromatic N) is 1. The summed E-state index contributed by atoms with van der Waals surface area (Å²) in [6.45, 7) is 0. The molecule has 0 fully saturated rings. The summed E-state index contributed by atoms with van der Waals surface area (Å²) in [6, 6.07) is 4.00. The molecule has 0 aliphatic rings. The number of aliphatic carboxylic acids is 1. The maximum absolute atomic E-state index is 10.7. The first-order valence-electron chi connectivity index (χ1n) is 4.82. The number of carboxylic acid groups (broad SMARTS) is 1. The first kappa shape index (κ1) is 12.3. The van der Waals surface area contributed by atoms with Gasteiger partial charge < -0.3 is 20.2 Å². The number of rotatable bonds is 4. The maximum atomic E-state index is 10.7. The zero-order chi connectivity index (χ0) is 12.3. The summed E-state index contributed by atoms with van der Waals surface area (Å²) < 4.78 is 0. The molecule has 1 aromatic rings. The normalized spacial score (nSPS) is 12.7. The number of benzene rings is 1. The summed E-state index contributed by atoms with van der Waals surface area (Å²) in [6.07, 6.45) is -0.0583. The van der Waals surface area contributed by atoms with Gasteiger partial charge in [0.25, 0.3) is 0 Å². The Labute approximate surface area is 93.6 Å². The predicted octanol–water partition coefficient (Wildman–Crippen LogP) is 1.18. The highest BCUT2D eigenvalue weighted by atomic mass is 16.4. The van der Waals surface area contributed by atoms with Gasteiger partial charge in [0.15, 0.2) is 11.5 Å². The Kier molecular flexibility index (Phi) is 3.73. The molecule has 16 heavy (non-hydrogen) atoms. The molecule has 0 saturated carbocycles. The molecule has 1 atom stereocenters. The van der Waals surface area contributed by atoms with Crippen molar-refractivity contribution in [2.24, 2.45) is 0 Å². The molecule has 0 spiro atoms. The molecule has 0 amide bonds. The van der Waals surface area contributed by atoms with Crippen LogP contribution >= 0.6 is 0 Å². The van der Waals surface area contributed by atoms with Crippen molar-refractivity contribution in [3.63, 3.8) is 0 Å². The molecule has 1 aromatic carbocycles. The van der Waals surface area contributed by atoms with Crippen molar-refractivity contribution in [1.29, 1.82) is 0 Å². The Balaban J connectivity index is 3.01. The van der Waals surface area contributed by atoms with Crippen LogP contribution < -0.4 is 0 Å². The lowest BCUT2D eigenvalue weighted by Gasteiger charge is -2.23. The first-order valence-corrected chi connectivity index (χ1v) is 4.82. The molecule has 1 unspecified atom stereocenters. The molecule has 88 valence electrons. The summed E-state index contributed by atoms with van der Waals surface area (Å²) in [5.41, 5.74) is 0.655. The fourth-order valence-corrected chi connectivity index (χ4v) is 1.51. The smallest absolute Gasteiger partial charge is 0.305 e. The van der Waals surface area contributed by atoms with Crippen molar-refractivity contribution in [3.05, 3.63) is 23.8 Å². The van der Waals surface area contributed by atoms with Gasteiger partial charge in [-0.3, -0.25) is 4.79 Å². The summed E-state index contributed by atoms with van der Waals surface area (Å²) >= 11 is 0. The van der Waals surface area contributed by atoms with Gasteiger partial charge >= 0.3 is 5.97 Å². The van der Waals surface area contributed by atoms with E-state index in [1.807, 2.05) is 0 Å². The minimum atomic E-state index is -0.911. The second kappa shape index (κ2) is 4.85. The van der Waals surface area contributed by atoms with Gasteiger partial charge in [0, 0.05) is 6.04 Å². The van der Waals surface area contributed by atoms with Gasteiger partial charge in [-0.05, 0) is 31.8 Å². The van der Waals surface area contributed by atoms with E-state index < -0.39 is 5.97 Å². The first-order chi connectivity index (χ1) is 7.41. The number of carbonyl (C=O) groups is 1. The average molecular weight is 225 g/mol. The van der Waals surface area contributed by atoms with Crippen LogP contribution in [0.1, 0.15) is 18.0 Å².